The Morgan fingerprint density at radius 2 is 0.622 bits per heavy atom. The predicted molar refractivity (Wildman–Crippen MR) is 202 cm³/mol. The summed E-state index contributed by atoms with van der Waals surface area (Å²) in [5.74, 6) is 0. The zero-order valence-corrected chi connectivity index (χ0v) is 29.4. The Balaban J connectivity index is 1.58. The molecule has 0 spiro atoms. The molecule has 3 heteroatoms. The highest BCUT2D eigenvalue weighted by molar-refractivity contribution is 7.79. The minimum atomic E-state index is -0.801. The highest BCUT2D eigenvalue weighted by Gasteiger charge is 2.65. The molecule has 0 aliphatic heterocycles. The molecular weight excluding hydrogens is 597 g/mol. The van der Waals surface area contributed by atoms with Crippen molar-refractivity contribution in [1.29, 1.82) is 0 Å². The summed E-state index contributed by atoms with van der Waals surface area (Å²) in [5, 5.41) is 1.52. The van der Waals surface area contributed by atoms with Crippen molar-refractivity contribution in [2.24, 2.45) is 0 Å². The van der Waals surface area contributed by atoms with E-state index in [1.54, 1.807) is 0 Å². The zero-order valence-electron chi connectivity index (χ0n) is 26.2. The van der Waals surface area contributed by atoms with Crippen molar-refractivity contribution < 1.29 is 0 Å². The van der Waals surface area contributed by atoms with Crippen molar-refractivity contribution in [1.82, 2.24) is 0 Å². The topological polar surface area (TPSA) is 0 Å². The second-order valence-corrected chi connectivity index (χ2v) is 18.9. The Hall–Kier alpha value is -2.61. The van der Waals surface area contributed by atoms with Crippen molar-refractivity contribution in [3.05, 3.63) is 174 Å². The van der Waals surface area contributed by atoms with Gasteiger partial charge in [0.1, 0.15) is 0 Å². The molecule has 0 amide bonds. The van der Waals surface area contributed by atoms with E-state index in [0.717, 1.165) is 12.8 Å². The van der Waals surface area contributed by atoms with Crippen LogP contribution in [0.5, 0.6) is 0 Å². The van der Waals surface area contributed by atoms with Gasteiger partial charge >= 0.3 is 0 Å². The standard InChI is InChI=1S/C42H45P3/c43-41(32-18-16-30-39(41,34-20-6-1-7-21-34)35-22-8-2-9-23-35)45(38-28-14-5-15-29-38)42(44)33-19-17-31-40(42,36-24-10-3-11-25-36)37-26-12-4-13-27-37/h1-15,20-29H,16-19,30-33,43-44H2. The Kier molecular flexibility index (Phi) is 8.88. The quantitative estimate of drug-likeness (QED) is 0.155. The first kappa shape index (κ1) is 31.0. The summed E-state index contributed by atoms with van der Waals surface area (Å²) in [6, 6.07) is 58.0. The molecule has 0 heterocycles. The normalized spacial score (nSPS) is 24.8. The fourth-order valence-corrected chi connectivity index (χ4v) is 17.7. The molecule has 0 nitrogen and oxygen atoms in total. The number of rotatable bonds is 7. The van der Waals surface area contributed by atoms with E-state index in [1.807, 2.05) is 0 Å². The minimum absolute atomic E-state index is 0.0848. The summed E-state index contributed by atoms with van der Waals surface area (Å²) < 4.78 is 0. The maximum absolute atomic E-state index is 3.68. The zero-order chi connectivity index (χ0) is 30.8. The van der Waals surface area contributed by atoms with Gasteiger partial charge in [-0.2, -0.15) is 0 Å². The molecule has 2 fully saturated rings. The number of hydrogen-bond acceptors (Lipinski definition) is 0. The predicted octanol–water partition coefficient (Wildman–Crippen LogP) is 11.1. The lowest BCUT2D eigenvalue weighted by atomic mass is 9.64. The molecule has 5 aromatic rings. The summed E-state index contributed by atoms with van der Waals surface area (Å²) in [7, 11) is 6.55. The van der Waals surface area contributed by atoms with Gasteiger partial charge in [0, 0.05) is 20.6 Å². The van der Waals surface area contributed by atoms with Crippen LogP contribution in [0, 0.1) is 0 Å². The van der Waals surface area contributed by atoms with Gasteiger partial charge in [0.15, 0.2) is 0 Å². The van der Waals surface area contributed by atoms with Crippen molar-refractivity contribution >= 4 is 31.7 Å². The van der Waals surface area contributed by atoms with Gasteiger partial charge in [-0.05, 0) is 53.2 Å². The van der Waals surface area contributed by atoms with Crippen molar-refractivity contribution in [2.75, 3.05) is 0 Å². The van der Waals surface area contributed by atoms with Crippen LogP contribution in [-0.4, -0.2) is 9.79 Å². The van der Waals surface area contributed by atoms with E-state index in [2.05, 4.69) is 170 Å². The molecule has 5 aromatic carbocycles. The van der Waals surface area contributed by atoms with Crippen LogP contribution in [0.25, 0.3) is 0 Å². The van der Waals surface area contributed by atoms with Gasteiger partial charge in [-0.15, -0.1) is 18.5 Å². The van der Waals surface area contributed by atoms with E-state index in [-0.39, 0.29) is 20.6 Å². The van der Waals surface area contributed by atoms with Crippen molar-refractivity contribution in [3.8, 4) is 0 Å². The molecule has 4 unspecified atom stereocenters. The highest BCUT2D eigenvalue weighted by Crippen LogP contribution is 2.80. The molecule has 0 radical (unpaired) electrons. The van der Waals surface area contributed by atoms with Crippen LogP contribution in [0.1, 0.15) is 73.6 Å². The van der Waals surface area contributed by atoms with E-state index in [4.69, 9.17) is 0 Å². The number of hydrogen-bond donors (Lipinski definition) is 0. The minimum Gasteiger partial charge on any atom is -0.125 e. The third-order valence-electron chi connectivity index (χ3n) is 11.1. The van der Waals surface area contributed by atoms with Gasteiger partial charge in [0.25, 0.3) is 0 Å². The van der Waals surface area contributed by atoms with Gasteiger partial charge in [-0.1, -0.05) is 185 Å². The van der Waals surface area contributed by atoms with E-state index < -0.39 is 7.92 Å². The van der Waals surface area contributed by atoms with Gasteiger partial charge in [0.05, 0.1) is 0 Å². The second-order valence-electron chi connectivity index (χ2n) is 13.2. The Morgan fingerprint density at radius 3 is 0.933 bits per heavy atom. The SMILES string of the molecule is PC1(P(c2ccccc2)C2(P)CCCCC2(c2ccccc2)c2ccccc2)CCCCC1(c1ccccc1)c1ccccc1. The first-order valence-corrected chi connectivity index (χ1v) is 19.2. The average molecular weight is 643 g/mol. The van der Waals surface area contributed by atoms with Crippen LogP contribution in [0.3, 0.4) is 0 Å². The van der Waals surface area contributed by atoms with Gasteiger partial charge in [0.2, 0.25) is 0 Å². The van der Waals surface area contributed by atoms with Gasteiger partial charge in [-0.25, -0.2) is 0 Å². The van der Waals surface area contributed by atoms with Crippen LogP contribution in [0.15, 0.2) is 152 Å². The molecule has 2 saturated carbocycles. The molecule has 4 atom stereocenters. The molecule has 0 saturated heterocycles. The Bertz CT molecular complexity index is 1490. The van der Waals surface area contributed by atoms with E-state index in [0.29, 0.717) is 0 Å². The lowest BCUT2D eigenvalue weighted by Crippen LogP contribution is -2.58. The summed E-state index contributed by atoms with van der Waals surface area (Å²) >= 11 is 0. The average Bonchev–Trinajstić information content (AvgIpc) is 3.11. The summed E-state index contributed by atoms with van der Waals surface area (Å²) in [5.41, 5.74) is 5.57. The highest BCUT2D eigenvalue weighted by atomic mass is 31.2. The molecule has 228 valence electrons. The van der Waals surface area contributed by atoms with Crippen LogP contribution < -0.4 is 5.30 Å². The fraction of sp³-hybridized carbons (Fsp3) is 0.286. The molecule has 0 N–H and O–H groups in total. The molecule has 0 aromatic heterocycles. The van der Waals surface area contributed by atoms with Gasteiger partial charge < -0.3 is 0 Å². The molecule has 2 aliphatic rings. The van der Waals surface area contributed by atoms with E-state index in [1.165, 1.54) is 66.1 Å². The monoisotopic (exact) mass is 642 g/mol. The lowest BCUT2D eigenvalue weighted by molar-refractivity contribution is 0.304. The molecule has 45 heavy (non-hydrogen) atoms. The third kappa shape index (κ3) is 4.99. The summed E-state index contributed by atoms with van der Waals surface area (Å²) in [6.07, 6.45) is 9.65. The van der Waals surface area contributed by atoms with Crippen molar-refractivity contribution in [2.45, 2.75) is 72.0 Å². The van der Waals surface area contributed by atoms with Gasteiger partial charge in [-0.3, -0.25) is 0 Å². The van der Waals surface area contributed by atoms with Crippen LogP contribution in [-0.2, 0) is 10.8 Å². The van der Waals surface area contributed by atoms with Crippen LogP contribution in [0.4, 0.5) is 0 Å². The van der Waals surface area contributed by atoms with Crippen LogP contribution >= 0.6 is 26.4 Å². The maximum Gasteiger partial charge on any atom is 0.0335 e. The second kappa shape index (κ2) is 12.9. The largest absolute Gasteiger partial charge is 0.125 e. The number of benzene rings is 5. The molecule has 7 rings (SSSR count). The fourth-order valence-electron chi connectivity index (χ4n) is 9.23. The first-order valence-electron chi connectivity index (χ1n) is 16.7. The van der Waals surface area contributed by atoms with Crippen molar-refractivity contribution in [3.63, 3.8) is 0 Å². The maximum atomic E-state index is 3.68. The summed E-state index contributed by atoms with van der Waals surface area (Å²) in [6.45, 7) is 0. The van der Waals surface area contributed by atoms with E-state index >= 15 is 0 Å². The molecule has 0 bridgehead atoms. The molecule has 2 aliphatic carbocycles. The van der Waals surface area contributed by atoms with Crippen LogP contribution in [0.2, 0.25) is 0 Å². The third-order valence-corrected chi connectivity index (χ3v) is 17.8. The Morgan fingerprint density at radius 1 is 0.356 bits per heavy atom. The lowest BCUT2D eigenvalue weighted by Gasteiger charge is -2.65. The smallest absolute Gasteiger partial charge is 0.0335 e. The Labute approximate surface area is 276 Å². The summed E-state index contributed by atoms with van der Waals surface area (Å²) in [4.78, 5) is -0.170. The first-order chi connectivity index (χ1) is 22.1. The molecular formula is C42H45P3. The van der Waals surface area contributed by atoms with E-state index in [9.17, 15) is 0 Å².